The molecule has 0 saturated carbocycles. The average Bonchev–Trinajstić information content (AvgIpc) is 3.27. The summed E-state index contributed by atoms with van der Waals surface area (Å²) in [6, 6.07) is 7.95. The predicted octanol–water partition coefficient (Wildman–Crippen LogP) is 2.43. The number of hydrogen-bond acceptors (Lipinski definition) is 6. The van der Waals surface area contributed by atoms with Gasteiger partial charge in [0.1, 0.15) is 5.54 Å². The van der Waals surface area contributed by atoms with E-state index in [1.165, 1.54) is 30.4 Å². The normalized spacial score (nSPS) is 20.8. The van der Waals surface area contributed by atoms with Crippen LogP contribution in [-0.2, 0) is 9.59 Å². The molecule has 1 saturated heterocycles. The summed E-state index contributed by atoms with van der Waals surface area (Å²) in [5.74, 6) is -2.83. The molecule has 2 aromatic rings. The Bertz CT molecular complexity index is 1050. The fraction of sp³-hybridized carbons (Fsp3) is 0.250. The number of carbonyl (C=O) groups is 5. The number of imide groups is 2. The van der Waals surface area contributed by atoms with Crippen molar-refractivity contribution in [3.63, 3.8) is 0 Å². The van der Waals surface area contributed by atoms with Crippen molar-refractivity contribution in [2.45, 2.75) is 32.7 Å². The lowest BCUT2D eigenvalue weighted by molar-refractivity contribution is -0.140. The SMILES string of the molecule is C.CC1(N2C(=O)c3cccc(NC(=O)c4cccs4)c3C2=O)CCC(=O)NC1=O. The highest BCUT2D eigenvalue weighted by Gasteiger charge is 2.53. The molecule has 1 atom stereocenters. The maximum absolute atomic E-state index is 13.1. The van der Waals surface area contributed by atoms with Crippen molar-refractivity contribution in [2.75, 3.05) is 5.32 Å². The Hall–Kier alpha value is -3.33. The summed E-state index contributed by atoms with van der Waals surface area (Å²) in [5.41, 5.74) is -1.12. The molecule has 150 valence electrons. The van der Waals surface area contributed by atoms with Gasteiger partial charge in [0.05, 0.1) is 21.7 Å². The van der Waals surface area contributed by atoms with Crippen molar-refractivity contribution in [3.8, 4) is 0 Å². The zero-order valence-corrected chi connectivity index (χ0v) is 15.6. The van der Waals surface area contributed by atoms with Gasteiger partial charge < -0.3 is 5.32 Å². The lowest BCUT2D eigenvalue weighted by Gasteiger charge is -2.38. The van der Waals surface area contributed by atoms with E-state index in [4.69, 9.17) is 0 Å². The van der Waals surface area contributed by atoms with Crippen molar-refractivity contribution in [3.05, 3.63) is 51.7 Å². The third-order valence-electron chi connectivity index (χ3n) is 4.98. The maximum Gasteiger partial charge on any atom is 0.265 e. The topological polar surface area (TPSA) is 113 Å². The summed E-state index contributed by atoms with van der Waals surface area (Å²) in [6.45, 7) is 1.46. The molecule has 9 heteroatoms. The Kier molecular flexibility index (Phi) is 5.10. The van der Waals surface area contributed by atoms with Gasteiger partial charge in [-0.05, 0) is 36.9 Å². The minimum absolute atomic E-state index is 0. The van der Waals surface area contributed by atoms with Crippen LogP contribution in [0.25, 0.3) is 0 Å². The number of amides is 5. The molecular weight excluding hydrogens is 394 g/mol. The molecule has 2 aliphatic heterocycles. The largest absolute Gasteiger partial charge is 0.321 e. The number of nitrogens with one attached hydrogen (secondary N) is 2. The Morgan fingerprint density at radius 1 is 1.14 bits per heavy atom. The number of fused-ring (bicyclic) bond motifs is 1. The third kappa shape index (κ3) is 3.13. The van der Waals surface area contributed by atoms with Crippen molar-refractivity contribution < 1.29 is 24.0 Å². The first-order valence-electron chi connectivity index (χ1n) is 8.54. The van der Waals surface area contributed by atoms with E-state index in [9.17, 15) is 24.0 Å². The van der Waals surface area contributed by atoms with E-state index in [0.29, 0.717) is 4.88 Å². The Morgan fingerprint density at radius 3 is 2.55 bits per heavy atom. The molecular formula is C20H19N3O5S. The monoisotopic (exact) mass is 413 g/mol. The van der Waals surface area contributed by atoms with E-state index in [1.54, 1.807) is 23.6 Å². The molecule has 2 N–H and O–H groups in total. The van der Waals surface area contributed by atoms with Crippen LogP contribution in [-0.4, -0.2) is 40.0 Å². The summed E-state index contributed by atoms with van der Waals surface area (Å²) in [7, 11) is 0. The van der Waals surface area contributed by atoms with Crippen LogP contribution < -0.4 is 10.6 Å². The molecule has 4 rings (SSSR count). The first kappa shape index (κ1) is 20.4. The quantitative estimate of drug-likeness (QED) is 0.751. The van der Waals surface area contributed by atoms with E-state index >= 15 is 0 Å². The molecule has 1 aromatic carbocycles. The molecule has 2 aliphatic rings. The standard InChI is InChI=1S/C19H15N3O5S.CH4/c1-19(8-7-13(23)21-18(19)27)22-16(25)10-4-2-5-11(14(10)17(22)26)20-15(24)12-6-3-9-28-12;/h2-6,9H,7-8H2,1H3,(H,20,24)(H,21,23,27);1H4. The van der Waals surface area contributed by atoms with E-state index < -0.39 is 35.1 Å². The van der Waals surface area contributed by atoms with Crippen LogP contribution in [0.2, 0.25) is 0 Å². The number of hydrogen-bond donors (Lipinski definition) is 2. The molecule has 0 aliphatic carbocycles. The van der Waals surface area contributed by atoms with E-state index in [-0.39, 0.29) is 37.1 Å². The first-order chi connectivity index (χ1) is 13.3. The first-order valence-corrected chi connectivity index (χ1v) is 9.42. The minimum Gasteiger partial charge on any atom is -0.321 e. The van der Waals surface area contributed by atoms with Gasteiger partial charge in [-0.3, -0.25) is 34.2 Å². The summed E-state index contributed by atoms with van der Waals surface area (Å²) >= 11 is 1.25. The molecule has 1 fully saturated rings. The summed E-state index contributed by atoms with van der Waals surface area (Å²) < 4.78 is 0. The number of rotatable bonds is 3. The fourth-order valence-electron chi connectivity index (χ4n) is 3.44. The van der Waals surface area contributed by atoms with Crippen LogP contribution in [0.15, 0.2) is 35.7 Å². The van der Waals surface area contributed by atoms with Gasteiger partial charge in [-0.2, -0.15) is 0 Å². The number of piperidine rings is 1. The number of nitrogens with zero attached hydrogens (tertiary/aromatic N) is 1. The predicted molar refractivity (Wildman–Crippen MR) is 107 cm³/mol. The van der Waals surface area contributed by atoms with Crippen molar-refractivity contribution in [1.82, 2.24) is 10.2 Å². The van der Waals surface area contributed by atoms with E-state index in [2.05, 4.69) is 10.6 Å². The minimum atomic E-state index is -1.48. The van der Waals surface area contributed by atoms with Crippen molar-refractivity contribution >= 4 is 46.6 Å². The molecule has 1 aromatic heterocycles. The molecule has 1 unspecified atom stereocenters. The molecule has 0 bridgehead atoms. The number of anilines is 1. The van der Waals surface area contributed by atoms with Crippen LogP contribution in [0.5, 0.6) is 0 Å². The summed E-state index contributed by atoms with van der Waals surface area (Å²) in [5, 5.41) is 6.61. The number of carbonyl (C=O) groups excluding carboxylic acids is 5. The molecule has 0 radical (unpaired) electrons. The third-order valence-corrected chi connectivity index (χ3v) is 5.85. The van der Waals surface area contributed by atoms with E-state index in [1.807, 2.05) is 0 Å². The highest BCUT2D eigenvalue weighted by Crippen LogP contribution is 2.37. The van der Waals surface area contributed by atoms with Gasteiger partial charge in [-0.15, -0.1) is 11.3 Å². The van der Waals surface area contributed by atoms with Crippen LogP contribution in [0, 0.1) is 0 Å². The Morgan fingerprint density at radius 2 is 1.90 bits per heavy atom. The van der Waals surface area contributed by atoms with E-state index in [0.717, 1.165) is 4.90 Å². The zero-order valence-electron chi connectivity index (χ0n) is 14.8. The fourth-order valence-corrected chi connectivity index (χ4v) is 4.06. The van der Waals surface area contributed by atoms with Gasteiger partial charge in [-0.1, -0.05) is 19.6 Å². The lowest BCUT2D eigenvalue weighted by Crippen LogP contribution is -2.62. The van der Waals surface area contributed by atoms with Gasteiger partial charge in [0.2, 0.25) is 5.91 Å². The van der Waals surface area contributed by atoms with Gasteiger partial charge >= 0.3 is 0 Å². The smallest absolute Gasteiger partial charge is 0.265 e. The molecule has 5 amide bonds. The molecule has 3 heterocycles. The van der Waals surface area contributed by atoms with Crippen LogP contribution >= 0.6 is 11.3 Å². The van der Waals surface area contributed by atoms with Gasteiger partial charge in [0.15, 0.2) is 0 Å². The Balaban J connectivity index is 0.00000240. The lowest BCUT2D eigenvalue weighted by atomic mass is 9.89. The Labute approximate surface area is 170 Å². The number of benzene rings is 1. The maximum atomic E-state index is 13.1. The van der Waals surface area contributed by atoms with Crippen molar-refractivity contribution in [1.29, 1.82) is 0 Å². The molecule has 8 nitrogen and oxygen atoms in total. The second-order valence-electron chi connectivity index (χ2n) is 6.76. The molecule has 0 spiro atoms. The van der Waals surface area contributed by atoms with Crippen LogP contribution in [0.4, 0.5) is 5.69 Å². The van der Waals surface area contributed by atoms with Crippen molar-refractivity contribution in [2.24, 2.45) is 0 Å². The second-order valence-corrected chi connectivity index (χ2v) is 7.70. The summed E-state index contributed by atoms with van der Waals surface area (Å²) in [6.07, 6.45) is 0.0671. The number of thiophene rings is 1. The van der Waals surface area contributed by atoms with Gasteiger partial charge in [-0.25, -0.2) is 0 Å². The van der Waals surface area contributed by atoms with Crippen LogP contribution in [0.3, 0.4) is 0 Å². The average molecular weight is 413 g/mol. The zero-order chi connectivity index (χ0) is 20.1. The second kappa shape index (κ2) is 7.25. The highest BCUT2D eigenvalue weighted by atomic mass is 32.1. The van der Waals surface area contributed by atoms with Gasteiger partial charge in [0, 0.05) is 6.42 Å². The molecule has 29 heavy (non-hydrogen) atoms. The summed E-state index contributed by atoms with van der Waals surface area (Å²) in [4.78, 5) is 63.7. The van der Waals surface area contributed by atoms with Crippen LogP contribution in [0.1, 0.15) is 57.6 Å². The van der Waals surface area contributed by atoms with Gasteiger partial charge in [0.25, 0.3) is 23.6 Å². The highest BCUT2D eigenvalue weighted by molar-refractivity contribution is 7.12.